The van der Waals surface area contributed by atoms with Crippen molar-refractivity contribution in [1.29, 1.82) is 0 Å². The molecular weight excluding hydrogens is 310 g/mol. The van der Waals surface area contributed by atoms with Gasteiger partial charge in [0, 0.05) is 5.56 Å². The van der Waals surface area contributed by atoms with Crippen LogP contribution in [-0.2, 0) is 12.8 Å². The van der Waals surface area contributed by atoms with Crippen molar-refractivity contribution in [3.05, 3.63) is 58.7 Å². The topological polar surface area (TPSA) is 52.3 Å². The molecule has 134 valence electrons. The third-order valence-corrected chi connectivity index (χ3v) is 4.51. The number of carbonyl (C=O) groups excluding carboxylic acids is 1. The van der Waals surface area contributed by atoms with E-state index in [9.17, 15) is 4.79 Å². The van der Waals surface area contributed by atoms with E-state index in [1.165, 1.54) is 5.56 Å². The first kappa shape index (κ1) is 19.0. The third-order valence-electron chi connectivity index (χ3n) is 4.51. The van der Waals surface area contributed by atoms with E-state index in [1.54, 1.807) is 0 Å². The van der Waals surface area contributed by atoms with E-state index >= 15 is 0 Å². The first-order valence-electron chi connectivity index (χ1n) is 9.18. The van der Waals surface area contributed by atoms with Crippen LogP contribution in [0.3, 0.4) is 0 Å². The van der Waals surface area contributed by atoms with Crippen molar-refractivity contribution in [2.24, 2.45) is 0 Å². The van der Waals surface area contributed by atoms with E-state index in [-0.39, 0.29) is 5.78 Å². The zero-order valence-electron chi connectivity index (χ0n) is 15.8. The van der Waals surface area contributed by atoms with Gasteiger partial charge in [0.1, 0.15) is 5.75 Å². The monoisotopic (exact) mass is 339 g/mol. The fraction of sp³-hybridized carbons (Fsp3) is 0.409. The SMILES string of the molecule is CCCC(Oc1ccc(C)cc1N)C(=O)c1cc(CC)ccc1CC. The lowest BCUT2D eigenvalue weighted by Gasteiger charge is -2.20. The number of Topliss-reactive ketones (excluding diaryl/α,β-unsaturated/α-hetero) is 1. The van der Waals surface area contributed by atoms with Gasteiger partial charge in [-0.3, -0.25) is 4.79 Å². The minimum Gasteiger partial charge on any atom is -0.480 e. The average Bonchev–Trinajstić information content (AvgIpc) is 2.62. The summed E-state index contributed by atoms with van der Waals surface area (Å²) in [6.45, 7) is 8.22. The van der Waals surface area contributed by atoms with Crippen LogP contribution >= 0.6 is 0 Å². The van der Waals surface area contributed by atoms with Gasteiger partial charge in [-0.25, -0.2) is 0 Å². The third kappa shape index (κ3) is 4.62. The normalized spacial score (nSPS) is 12.0. The van der Waals surface area contributed by atoms with Crippen molar-refractivity contribution in [3.63, 3.8) is 0 Å². The highest BCUT2D eigenvalue weighted by molar-refractivity contribution is 6.01. The number of aryl methyl sites for hydroxylation is 3. The second-order valence-electron chi connectivity index (χ2n) is 6.50. The van der Waals surface area contributed by atoms with Crippen LogP contribution in [0.25, 0.3) is 0 Å². The molecular formula is C22H29NO2. The molecule has 0 saturated heterocycles. The molecule has 1 atom stereocenters. The maximum Gasteiger partial charge on any atom is 0.203 e. The lowest BCUT2D eigenvalue weighted by Crippen LogP contribution is -2.28. The number of benzene rings is 2. The number of hydrogen-bond acceptors (Lipinski definition) is 3. The van der Waals surface area contributed by atoms with E-state index in [1.807, 2.05) is 31.2 Å². The van der Waals surface area contributed by atoms with Crippen molar-refractivity contribution in [3.8, 4) is 5.75 Å². The summed E-state index contributed by atoms with van der Waals surface area (Å²) in [4.78, 5) is 13.2. The van der Waals surface area contributed by atoms with E-state index < -0.39 is 6.10 Å². The van der Waals surface area contributed by atoms with Crippen molar-refractivity contribution >= 4 is 11.5 Å². The molecule has 0 heterocycles. The number of carbonyl (C=O) groups is 1. The summed E-state index contributed by atoms with van der Waals surface area (Å²) >= 11 is 0. The molecule has 0 saturated carbocycles. The molecule has 0 bridgehead atoms. The van der Waals surface area contributed by atoms with Crippen LogP contribution in [0.2, 0.25) is 0 Å². The zero-order valence-corrected chi connectivity index (χ0v) is 15.8. The molecule has 2 N–H and O–H groups in total. The molecule has 0 aliphatic heterocycles. The average molecular weight is 339 g/mol. The van der Waals surface area contributed by atoms with E-state index in [0.717, 1.165) is 36.0 Å². The van der Waals surface area contributed by atoms with Gasteiger partial charge in [0.05, 0.1) is 5.69 Å². The molecule has 0 aromatic heterocycles. The van der Waals surface area contributed by atoms with Gasteiger partial charge in [0.2, 0.25) is 5.78 Å². The maximum atomic E-state index is 13.2. The first-order valence-corrected chi connectivity index (χ1v) is 9.18. The highest BCUT2D eigenvalue weighted by Gasteiger charge is 2.24. The molecule has 2 aromatic rings. The molecule has 0 aliphatic carbocycles. The number of nitrogens with two attached hydrogens (primary N) is 1. The zero-order chi connectivity index (χ0) is 18.4. The summed E-state index contributed by atoms with van der Waals surface area (Å²) in [7, 11) is 0. The van der Waals surface area contributed by atoms with Gasteiger partial charge in [0.25, 0.3) is 0 Å². The summed E-state index contributed by atoms with van der Waals surface area (Å²) in [5.74, 6) is 0.635. The summed E-state index contributed by atoms with van der Waals surface area (Å²) in [5, 5.41) is 0. The highest BCUT2D eigenvalue weighted by atomic mass is 16.5. The maximum absolute atomic E-state index is 13.2. The van der Waals surface area contributed by atoms with Crippen LogP contribution < -0.4 is 10.5 Å². The molecule has 25 heavy (non-hydrogen) atoms. The number of ketones is 1. The van der Waals surface area contributed by atoms with Crippen LogP contribution in [-0.4, -0.2) is 11.9 Å². The summed E-state index contributed by atoms with van der Waals surface area (Å²) in [6, 6.07) is 11.9. The van der Waals surface area contributed by atoms with Gasteiger partial charge in [-0.1, -0.05) is 45.4 Å². The second kappa shape index (κ2) is 8.70. The Morgan fingerprint density at radius 2 is 1.84 bits per heavy atom. The minimum absolute atomic E-state index is 0.0500. The van der Waals surface area contributed by atoms with Crippen molar-refractivity contribution in [1.82, 2.24) is 0 Å². The Labute approximate surface area is 151 Å². The number of ether oxygens (including phenoxy) is 1. The van der Waals surface area contributed by atoms with Crippen LogP contribution in [0.1, 0.15) is 60.7 Å². The van der Waals surface area contributed by atoms with Gasteiger partial charge in [-0.15, -0.1) is 0 Å². The van der Waals surface area contributed by atoms with Crippen LogP contribution in [0.5, 0.6) is 5.75 Å². The number of anilines is 1. The molecule has 2 aromatic carbocycles. The molecule has 0 fully saturated rings. The van der Waals surface area contributed by atoms with E-state index in [0.29, 0.717) is 17.9 Å². The Morgan fingerprint density at radius 3 is 2.44 bits per heavy atom. The van der Waals surface area contributed by atoms with Gasteiger partial charge in [0.15, 0.2) is 6.10 Å². The molecule has 3 heteroatoms. The Kier molecular flexibility index (Phi) is 6.63. The van der Waals surface area contributed by atoms with Gasteiger partial charge >= 0.3 is 0 Å². The van der Waals surface area contributed by atoms with Crippen LogP contribution in [0, 0.1) is 6.92 Å². The summed E-state index contributed by atoms with van der Waals surface area (Å²) < 4.78 is 6.06. The number of hydrogen-bond donors (Lipinski definition) is 1. The minimum atomic E-state index is -0.507. The Balaban J connectivity index is 2.34. The first-order chi connectivity index (χ1) is 12.0. The fourth-order valence-electron chi connectivity index (χ4n) is 2.99. The highest BCUT2D eigenvalue weighted by Crippen LogP contribution is 2.26. The van der Waals surface area contributed by atoms with Gasteiger partial charge < -0.3 is 10.5 Å². The summed E-state index contributed by atoms with van der Waals surface area (Å²) in [5.41, 5.74) is 10.8. The standard InChI is InChI=1S/C22H29NO2/c1-5-8-21(25-20-12-9-15(4)13-19(20)23)22(24)18-14-16(6-2)10-11-17(18)7-3/h9-14,21H,5-8,23H2,1-4H3. The fourth-order valence-corrected chi connectivity index (χ4v) is 2.99. The van der Waals surface area contributed by atoms with Crippen molar-refractivity contribution in [2.75, 3.05) is 5.73 Å². The number of rotatable bonds is 8. The largest absolute Gasteiger partial charge is 0.480 e. The van der Waals surface area contributed by atoms with Crippen molar-refractivity contribution < 1.29 is 9.53 Å². The van der Waals surface area contributed by atoms with Crippen LogP contribution in [0.4, 0.5) is 5.69 Å². The van der Waals surface area contributed by atoms with Gasteiger partial charge in [-0.05, 0) is 61.1 Å². The van der Waals surface area contributed by atoms with Gasteiger partial charge in [-0.2, -0.15) is 0 Å². The van der Waals surface area contributed by atoms with E-state index in [4.69, 9.17) is 10.5 Å². The number of nitrogen functional groups attached to an aromatic ring is 1. The molecule has 2 rings (SSSR count). The molecule has 3 nitrogen and oxygen atoms in total. The molecule has 0 radical (unpaired) electrons. The quantitative estimate of drug-likeness (QED) is 0.535. The molecule has 1 unspecified atom stereocenters. The lowest BCUT2D eigenvalue weighted by atomic mass is 9.94. The van der Waals surface area contributed by atoms with Crippen LogP contribution in [0.15, 0.2) is 36.4 Å². The lowest BCUT2D eigenvalue weighted by molar-refractivity contribution is 0.0777. The smallest absolute Gasteiger partial charge is 0.203 e. The Morgan fingerprint density at radius 1 is 1.08 bits per heavy atom. The molecule has 0 aliphatic rings. The molecule has 0 amide bonds. The van der Waals surface area contributed by atoms with E-state index in [2.05, 4.69) is 32.9 Å². The Hall–Kier alpha value is -2.29. The predicted octanol–water partition coefficient (Wildman–Crippen LogP) is 5.13. The summed E-state index contributed by atoms with van der Waals surface area (Å²) in [6.07, 6.45) is 2.78. The molecule has 0 spiro atoms. The Bertz CT molecular complexity index is 737. The predicted molar refractivity (Wildman–Crippen MR) is 104 cm³/mol. The second-order valence-corrected chi connectivity index (χ2v) is 6.50. The van der Waals surface area contributed by atoms with Crippen molar-refractivity contribution in [2.45, 2.75) is 59.5 Å².